The van der Waals surface area contributed by atoms with E-state index in [-0.39, 0.29) is 5.91 Å². The minimum Gasteiger partial charge on any atom is -0.352 e. The van der Waals surface area contributed by atoms with E-state index < -0.39 is 0 Å². The molecule has 4 nitrogen and oxygen atoms in total. The van der Waals surface area contributed by atoms with E-state index >= 15 is 0 Å². The fraction of sp³-hybridized carbons (Fsp3) is 0.286. The maximum Gasteiger partial charge on any atom is 0.251 e. The van der Waals surface area contributed by atoms with E-state index in [2.05, 4.69) is 10.3 Å². The van der Waals surface area contributed by atoms with Gasteiger partial charge in [0.1, 0.15) is 0 Å². The van der Waals surface area contributed by atoms with E-state index in [9.17, 15) is 4.79 Å². The van der Waals surface area contributed by atoms with Crippen LogP contribution >= 0.6 is 0 Å². The molecule has 0 spiro atoms. The first-order valence-corrected chi connectivity index (χ1v) is 6.06. The van der Waals surface area contributed by atoms with Crippen molar-refractivity contribution in [3.05, 3.63) is 54.1 Å². The molecule has 0 aliphatic rings. The van der Waals surface area contributed by atoms with Crippen LogP contribution in [-0.2, 0) is 6.54 Å². The lowest BCUT2D eigenvalue weighted by Gasteiger charge is -2.06. The molecule has 1 N–H and O–H groups in total. The fourth-order valence-corrected chi connectivity index (χ4v) is 1.69. The van der Waals surface area contributed by atoms with Gasteiger partial charge >= 0.3 is 0 Å². The largest absolute Gasteiger partial charge is 0.352 e. The molecule has 94 valence electrons. The number of nitrogens with one attached hydrogen (secondary N) is 1. The van der Waals surface area contributed by atoms with Crippen LogP contribution in [0.5, 0.6) is 0 Å². The van der Waals surface area contributed by atoms with Gasteiger partial charge in [0.2, 0.25) is 0 Å². The third-order valence-electron chi connectivity index (χ3n) is 2.75. The highest BCUT2D eigenvalue weighted by Crippen LogP contribution is 2.02. The molecule has 2 rings (SSSR count). The Kier molecular flexibility index (Phi) is 4.12. The fourth-order valence-electron chi connectivity index (χ4n) is 1.69. The van der Waals surface area contributed by atoms with Gasteiger partial charge in [0.05, 0.1) is 6.33 Å². The first-order valence-electron chi connectivity index (χ1n) is 6.06. The van der Waals surface area contributed by atoms with Gasteiger partial charge in [0.25, 0.3) is 5.91 Å². The second-order valence-corrected chi connectivity index (χ2v) is 4.28. The predicted octanol–water partition coefficient (Wildman–Crippen LogP) is 2.01. The Balaban J connectivity index is 1.73. The summed E-state index contributed by atoms with van der Waals surface area (Å²) in [4.78, 5) is 15.8. The maximum atomic E-state index is 11.8. The molecule has 0 unspecified atom stereocenters. The zero-order valence-corrected chi connectivity index (χ0v) is 10.5. The second kappa shape index (κ2) is 6.00. The van der Waals surface area contributed by atoms with Crippen LogP contribution < -0.4 is 5.32 Å². The Morgan fingerprint density at radius 1 is 1.33 bits per heavy atom. The molecule has 0 saturated carbocycles. The number of amides is 1. The van der Waals surface area contributed by atoms with Crippen molar-refractivity contribution < 1.29 is 4.79 Å². The van der Waals surface area contributed by atoms with Crippen molar-refractivity contribution in [1.29, 1.82) is 0 Å². The maximum absolute atomic E-state index is 11.8. The molecule has 0 fully saturated rings. The molecule has 0 radical (unpaired) electrons. The zero-order chi connectivity index (χ0) is 12.8. The Labute approximate surface area is 107 Å². The molecular weight excluding hydrogens is 226 g/mol. The highest BCUT2D eigenvalue weighted by atomic mass is 16.1. The normalized spacial score (nSPS) is 10.3. The number of hydrogen-bond acceptors (Lipinski definition) is 2. The van der Waals surface area contributed by atoms with Gasteiger partial charge in [0.15, 0.2) is 0 Å². The lowest BCUT2D eigenvalue weighted by atomic mass is 10.1. The molecule has 1 heterocycles. The lowest BCUT2D eigenvalue weighted by Crippen LogP contribution is -2.25. The number of nitrogens with zero attached hydrogens (tertiary/aromatic N) is 2. The summed E-state index contributed by atoms with van der Waals surface area (Å²) < 4.78 is 2.00. The van der Waals surface area contributed by atoms with Crippen LogP contribution in [0.3, 0.4) is 0 Å². The molecular formula is C14H17N3O. The minimum absolute atomic E-state index is 0.0133. The molecule has 2 aromatic rings. The highest BCUT2D eigenvalue weighted by molar-refractivity contribution is 5.94. The summed E-state index contributed by atoms with van der Waals surface area (Å²) in [5, 5.41) is 2.91. The summed E-state index contributed by atoms with van der Waals surface area (Å²) in [5.74, 6) is -0.0133. The molecule has 0 aliphatic heterocycles. The van der Waals surface area contributed by atoms with Gasteiger partial charge in [-0.1, -0.05) is 17.7 Å². The van der Waals surface area contributed by atoms with Gasteiger partial charge < -0.3 is 9.88 Å². The van der Waals surface area contributed by atoms with E-state index in [1.807, 2.05) is 42.0 Å². The summed E-state index contributed by atoms with van der Waals surface area (Å²) in [6, 6.07) is 7.59. The third-order valence-corrected chi connectivity index (χ3v) is 2.75. The average molecular weight is 243 g/mol. The van der Waals surface area contributed by atoms with Gasteiger partial charge in [-0.25, -0.2) is 4.98 Å². The Morgan fingerprint density at radius 3 is 2.78 bits per heavy atom. The van der Waals surface area contributed by atoms with Crippen molar-refractivity contribution in [2.75, 3.05) is 6.54 Å². The molecule has 0 bridgehead atoms. The number of rotatable bonds is 5. The Morgan fingerprint density at radius 2 is 2.11 bits per heavy atom. The van der Waals surface area contributed by atoms with Crippen LogP contribution in [0.15, 0.2) is 43.0 Å². The van der Waals surface area contributed by atoms with E-state index in [4.69, 9.17) is 0 Å². The number of aryl methyl sites for hydroxylation is 2. The Hall–Kier alpha value is -2.10. The smallest absolute Gasteiger partial charge is 0.251 e. The topological polar surface area (TPSA) is 46.9 Å². The number of imidazole rings is 1. The number of hydrogen-bond donors (Lipinski definition) is 1. The van der Waals surface area contributed by atoms with E-state index in [0.717, 1.165) is 18.5 Å². The zero-order valence-electron chi connectivity index (χ0n) is 10.5. The van der Waals surface area contributed by atoms with Crippen LogP contribution in [0.2, 0.25) is 0 Å². The van der Waals surface area contributed by atoms with Crippen molar-refractivity contribution in [2.45, 2.75) is 19.9 Å². The molecule has 18 heavy (non-hydrogen) atoms. The molecule has 1 amide bonds. The van der Waals surface area contributed by atoms with Gasteiger partial charge in [-0.15, -0.1) is 0 Å². The molecule has 1 aromatic heterocycles. The standard InChI is InChI=1S/C14H17N3O/c1-12-3-5-13(6-4-12)14(18)16-7-2-9-17-10-8-15-11-17/h3-6,8,10-11H,2,7,9H2,1H3,(H,16,18). The van der Waals surface area contributed by atoms with Gasteiger partial charge in [-0.3, -0.25) is 4.79 Å². The summed E-state index contributed by atoms with van der Waals surface area (Å²) in [6.07, 6.45) is 6.35. The van der Waals surface area contributed by atoms with Crippen LogP contribution in [-0.4, -0.2) is 22.0 Å². The third kappa shape index (κ3) is 3.45. The van der Waals surface area contributed by atoms with Crippen molar-refractivity contribution in [3.8, 4) is 0 Å². The summed E-state index contributed by atoms with van der Waals surface area (Å²) >= 11 is 0. The van der Waals surface area contributed by atoms with Crippen LogP contribution in [0.25, 0.3) is 0 Å². The van der Waals surface area contributed by atoms with Crippen molar-refractivity contribution in [1.82, 2.24) is 14.9 Å². The highest BCUT2D eigenvalue weighted by Gasteiger charge is 2.03. The molecule has 0 aliphatic carbocycles. The summed E-state index contributed by atoms with van der Waals surface area (Å²) in [6.45, 7) is 3.55. The average Bonchev–Trinajstić information content (AvgIpc) is 2.88. The van der Waals surface area contributed by atoms with Crippen molar-refractivity contribution >= 4 is 5.91 Å². The lowest BCUT2D eigenvalue weighted by molar-refractivity contribution is 0.0952. The number of carbonyl (C=O) groups is 1. The van der Waals surface area contributed by atoms with Crippen LogP contribution in [0.4, 0.5) is 0 Å². The summed E-state index contributed by atoms with van der Waals surface area (Å²) in [5.41, 5.74) is 1.87. The van der Waals surface area contributed by atoms with Gasteiger partial charge in [-0.05, 0) is 25.5 Å². The number of benzene rings is 1. The molecule has 4 heteroatoms. The molecule has 0 saturated heterocycles. The van der Waals surface area contributed by atoms with E-state index in [1.54, 1.807) is 12.5 Å². The minimum atomic E-state index is -0.0133. The molecule has 1 aromatic carbocycles. The SMILES string of the molecule is Cc1ccc(C(=O)NCCCn2ccnc2)cc1. The van der Waals surface area contributed by atoms with Gasteiger partial charge in [0, 0.05) is 31.0 Å². The predicted molar refractivity (Wildman–Crippen MR) is 70.4 cm³/mol. The number of carbonyl (C=O) groups excluding carboxylic acids is 1. The first-order chi connectivity index (χ1) is 8.75. The van der Waals surface area contributed by atoms with E-state index in [1.165, 1.54) is 0 Å². The first kappa shape index (κ1) is 12.4. The van der Waals surface area contributed by atoms with Gasteiger partial charge in [-0.2, -0.15) is 0 Å². The number of aromatic nitrogens is 2. The van der Waals surface area contributed by atoms with Crippen LogP contribution in [0, 0.1) is 6.92 Å². The van der Waals surface area contributed by atoms with Crippen LogP contribution in [0.1, 0.15) is 22.3 Å². The van der Waals surface area contributed by atoms with E-state index in [0.29, 0.717) is 12.1 Å². The Bertz CT molecular complexity index is 488. The van der Waals surface area contributed by atoms with Crippen molar-refractivity contribution in [3.63, 3.8) is 0 Å². The van der Waals surface area contributed by atoms with Crippen molar-refractivity contribution in [2.24, 2.45) is 0 Å². The molecule has 0 atom stereocenters. The quantitative estimate of drug-likeness (QED) is 0.817. The summed E-state index contributed by atoms with van der Waals surface area (Å²) in [7, 11) is 0. The monoisotopic (exact) mass is 243 g/mol. The second-order valence-electron chi connectivity index (χ2n) is 4.28.